The largest absolute Gasteiger partial charge is 0.455 e. The second-order valence-electron chi connectivity index (χ2n) is 13.9. The SMILES string of the molecule is [2H]c1cc(-c2c([2H])c([2H])c([2H])c([2H])c2[2H])cc([2H])c1-c1cc(-c2cc([2H])c(N(c3c([2H])cc(-c4c([2H])c([2H])c([2H])c([2H])c4[2H])cc3[2H])c3c([2H])ccc4c3oc3c([2H])cccc34)c([2H])c2)cc2c1oc1c([2H])c3c([2H])ccc([2H])c3c([2H])c12. The summed E-state index contributed by atoms with van der Waals surface area (Å²) >= 11 is 0. The van der Waals surface area contributed by atoms with Gasteiger partial charge in [0, 0.05) is 38.5 Å². The Hall–Kier alpha value is -8.14. The van der Waals surface area contributed by atoms with Crippen LogP contribution in [0.1, 0.15) is 30.2 Å². The maximum Gasteiger partial charge on any atom is 0.159 e. The van der Waals surface area contributed by atoms with E-state index >= 15 is 0 Å². The van der Waals surface area contributed by atoms with E-state index in [1.807, 2.05) is 0 Å². The summed E-state index contributed by atoms with van der Waals surface area (Å²) in [5, 5.41) is 0.953. The molecule has 12 rings (SSSR count). The summed E-state index contributed by atoms with van der Waals surface area (Å²) < 4.78 is 209. The van der Waals surface area contributed by atoms with Crippen LogP contribution in [0.15, 0.2) is 233 Å². The van der Waals surface area contributed by atoms with Crippen molar-refractivity contribution < 1.29 is 39.0 Å². The van der Waals surface area contributed by atoms with E-state index in [4.69, 9.17) is 26.7 Å². The van der Waals surface area contributed by atoms with Crippen molar-refractivity contribution in [3.8, 4) is 44.5 Å². The van der Waals surface area contributed by atoms with Gasteiger partial charge in [-0.1, -0.05) is 163 Å². The first-order valence-electron chi connectivity index (χ1n) is 29.9. The summed E-state index contributed by atoms with van der Waals surface area (Å²) in [5.74, 6) is 0. The molecule has 0 spiro atoms. The predicted molar refractivity (Wildman–Crippen MR) is 255 cm³/mol. The maximum absolute atomic E-state index is 9.87. The van der Waals surface area contributed by atoms with Gasteiger partial charge in [0.25, 0.3) is 0 Å². The van der Waals surface area contributed by atoms with Crippen LogP contribution in [0.4, 0.5) is 17.1 Å². The average molecular weight is 802 g/mol. The first-order valence-corrected chi connectivity index (χ1v) is 18.9. The Balaban J connectivity index is 1.13. The molecule has 0 radical (unpaired) electrons. The third kappa shape index (κ3) is 6.06. The van der Waals surface area contributed by atoms with Crippen LogP contribution >= 0.6 is 0 Å². The van der Waals surface area contributed by atoms with Crippen LogP contribution < -0.4 is 4.90 Å². The van der Waals surface area contributed by atoms with Crippen molar-refractivity contribution in [1.82, 2.24) is 0 Å². The molecule has 286 valence electrons. The Labute approximate surface area is 383 Å². The molecule has 3 heteroatoms. The van der Waals surface area contributed by atoms with Gasteiger partial charge < -0.3 is 13.7 Å². The van der Waals surface area contributed by atoms with Gasteiger partial charge in [-0.25, -0.2) is 0 Å². The zero-order valence-electron chi connectivity index (χ0n) is 53.4. The molecular formula is C58H37NO2. The number of anilines is 3. The maximum atomic E-state index is 9.87. The topological polar surface area (TPSA) is 29.5 Å². The van der Waals surface area contributed by atoms with E-state index in [1.165, 1.54) is 71.6 Å². The Morgan fingerprint density at radius 1 is 0.361 bits per heavy atom. The Kier molecular flexibility index (Phi) is 4.52. The third-order valence-electron chi connectivity index (χ3n) is 10.4. The molecule has 61 heavy (non-hydrogen) atoms. The van der Waals surface area contributed by atoms with Crippen molar-refractivity contribution >= 4 is 71.7 Å². The molecule has 0 aliphatic rings. The molecule has 0 amide bonds. The van der Waals surface area contributed by atoms with Crippen LogP contribution in [-0.4, -0.2) is 0 Å². The fourth-order valence-electron chi connectivity index (χ4n) is 7.50. The van der Waals surface area contributed by atoms with E-state index in [1.54, 1.807) is 24.3 Å². The number of hydrogen-bond donors (Lipinski definition) is 0. The molecule has 0 N–H and O–H groups in total. The first-order chi connectivity index (χ1) is 39.3. The molecule has 0 saturated carbocycles. The van der Waals surface area contributed by atoms with Gasteiger partial charge in [0.2, 0.25) is 0 Å². The van der Waals surface area contributed by atoms with Crippen molar-refractivity contribution in [3.63, 3.8) is 0 Å². The van der Waals surface area contributed by atoms with Crippen molar-refractivity contribution in [1.29, 1.82) is 0 Å². The molecule has 10 aromatic carbocycles. The number of rotatable bonds is 7. The molecule has 2 heterocycles. The number of furan rings is 2. The molecule has 2 aromatic heterocycles. The van der Waals surface area contributed by atoms with Crippen molar-refractivity contribution in [2.45, 2.75) is 0 Å². The van der Waals surface area contributed by atoms with Crippen LogP contribution in [0.3, 0.4) is 0 Å². The molecule has 0 aliphatic heterocycles. The Morgan fingerprint density at radius 3 is 1.61 bits per heavy atom. The number of benzene rings is 10. The normalized spacial score (nSPS) is 16.7. The standard InChI is InChI=1S/C58H37NO2/c1-3-12-38(13-4-1)40-22-24-43(25-23-40)51-35-46(36-53-52-34-44-16-7-8-17-45(44)37-56(52)61-57(51)53)42-28-32-48(33-29-42)59(47-30-26-41(27-31-47)39-14-5-2-6-15-39)54-20-11-19-50-49-18-9-10-21-55(49)60-58(50)54/h1-37H/i1D,2D,3D,4D,5D,6D,12D,13D,14D,15D,16D,17D,20D,21D,24D,25D,30D,31D,32D,33D,34D,37D. The summed E-state index contributed by atoms with van der Waals surface area (Å²) in [5.41, 5.74) is -1.34. The second kappa shape index (κ2) is 14.3. The fraction of sp³-hybridized carbons (Fsp3) is 0. The Bertz CT molecular complexity index is 4790. The van der Waals surface area contributed by atoms with Gasteiger partial charge in [-0.3, -0.25) is 0 Å². The smallest absolute Gasteiger partial charge is 0.159 e. The summed E-state index contributed by atoms with van der Waals surface area (Å²) in [6.45, 7) is 0. The van der Waals surface area contributed by atoms with E-state index in [-0.39, 0.29) is 154 Å². The molecule has 3 nitrogen and oxygen atoms in total. The third-order valence-corrected chi connectivity index (χ3v) is 10.4. The zero-order valence-corrected chi connectivity index (χ0v) is 31.4. The van der Waals surface area contributed by atoms with Crippen LogP contribution in [0.5, 0.6) is 0 Å². The lowest BCUT2D eigenvalue weighted by atomic mass is 9.94. The highest BCUT2D eigenvalue weighted by Crippen LogP contribution is 2.45. The Morgan fingerprint density at radius 2 is 0.934 bits per heavy atom. The van der Waals surface area contributed by atoms with Crippen LogP contribution in [-0.2, 0) is 0 Å². The lowest BCUT2D eigenvalue weighted by Gasteiger charge is -2.26. The molecule has 0 fully saturated rings. The minimum Gasteiger partial charge on any atom is -0.455 e. The fourth-order valence-corrected chi connectivity index (χ4v) is 7.50. The summed E-state index contributed by atoms with van der Waals surface area (Å²) in [6, 6.07) is 11.0. The van der Waals surface area contributed by atoms with Crippen LogP contribution in [0.2, 0.25) is 0 Å². The van der Waals surface area contributed by atoms with Gasteiger partial charge in [0.15, 0.2) is 5.58 Å². The highest BCUT2D eigenvalue weighted by Gasteiger charge is 2.21. The lowest BCUT2D eigenvalue weighted by Crippen LogP contribution is -2.10. The minimum absolute atomic E-state index is 0.00692. The molecule has 0 atom stereocenters. The van der Waals surface area contributed by atoms with Crippen LogP contribution in [0, 0.1) is 0 Å². The number of nitrogens with zero attached hydrogens (tertiary/aromatic N) is 1. The highest BCUT2D eigenvalue weighted by atomic mass is 16.3. The molecular weight excluding hydrogens is 743 g/mol. The lowest BCUT2D eigenvalue weighted by molar-refractivity contribution is 0.669. The average Bonchev–Trinajstić information content (AvgIpc) is 1.86. The minimum atomic E-state index is -0.653. The van der Waals surface area contributed by atoms with E-state index in [2.05, 4.69) is 0 Å². The summed E-state index contributed by atoms with van der Waals surface area (Å²) in [7, 11) is 0. The van der Waals surface area contributed by atoms with E-state index in [0.29, 0.717) is 10.8 Å². The number of hydrogen-bond acceptors (Lipinski definition) is 3. The summed E-state index contributed by atoms with van der Waals surface area (Å²) in [6.07, 6.45) is 0. The zero-order chi connectivity index (χ0) is 59.4. The van der Waals surface area contributed by atoms with Gasteiger partial charge in [-0.15, -0.1) is 0 Å². The molecule has 12 aromatic rings. The summed E-state index contributed by atoms with van der Waals surface area (Å²) in [4.78, 5) is 1.17. The molecule has 0 unspecified atom stereocenters. The number of fused-ring (bicyclic) bond motifs is 7. The van der Waals surface area contributed by atoms with Gasteiger partial charge >= 0.3 is 0 Å². The van der Waals surface area contributed by atoms with E-state index < -0.39 is 84.6 Å². The second-order valence-corrected chi connectivity index (χ2v) is 13.9. The van der Waals surface area contributed by atoms with Gasteiger partial charge in [0.1, 0.15) is 16.7 Å². The quantitative estimate of drug-likeness (QED) is 0.161. The van der Waals surface area contributed by atoms with E-state index in [0.717, 1.165) is 0 Å². The number of para-hydroxylation sites is 2. The monoisotopic (exact) mass is 801 g/mol. The van der Waals surface area contributed by atoms with Crippen LogP contribution in [0.25, 0.3) is 99.2 Å². The molecule has 0 saturated heterocycles. The molecule has 0 aliphatic carbocycles. The van der Waals surface area contributed by atoms with Gasteiger partial charge in [-0.2, -0.15) is 0 Å². The molecule has 0 bridgehead atoms. The van der Waals surface area contributed by atoms with Crippen molar-refractivity contribution in [3.05, 3.63) is 224 Å². The first kappa shape index (κ1) is 19.3. The highest BCUT2D eigenvalue weighted by molar-refractivity contribution is 6.15. The van der Waals surface area contributed by atoms with Crippen molar-refractivity contribution in [2.24, 2.45) is 0 Å². The van der Waals surface area contributed by atoms with Gasteiger partial charge in [0.05, 0.1) is 35.8 Å². The predicted octanol–water partition coefficient (Wildman–Crippen LogP) is 16.8. The van der Waals surface area contributed by atoms with E-state index in [9.17, 15) is 12.3 Å². The van der Waals surface area contributed by atoms with Crippen molar-refractivity contribution in [2.75, 3.05) is 4.90 Å². The van der Waals surface area contributed by atoms with Gasteiger partial charge in [-0.05, 0) is 110 Å².